The van der Waals surface area contributed by atoms with E-state index in [9.17, 15) is 5.26 Å². The summed E-state index contributed by atoms with van der Waals surface area (Å²) in [7, 11) is 0. The van der Waals surface area contributed by atoms with E-state index in [4.69, 9.17) is 9.52 Å². The highest BCUT2D eigenvalue weighted by atomic mass is 16.4. The SMILES string of the molecule is Cc1cc(C)c(-c2nn(-c3ccccc3)cc2CNc2oc(-c3ccccc3)nc2C#N)c(C)c1. The van der Waals surface area contributed by atoms with Gasteiger partial charge in [0, 0.05) is 29.4 Å². The van der Waals surface area contributed by atoms with Gasteiger partial charge in [0.25, 0.3) is 0 Å². The van der Waals surface area contributed by atoms with Crippen LogP contribution in [-0.4, -0.2) is 14.8 Å². The number of hydrogen-bond donors (Lipinski definition) is 1. The Morgan fingerprint density at radius 1 is 0.943 bits per heavy atom. The summed E-state index contributed by atoms with van der Waals surface area (Å²) in [5.74, 6) is 0.761. The number of para-hydroxylation sites is 1. The van der Waals surface area contributed by atoms with Gasteiger partial charge in [0.15, 0.2) is 0 Å². The fraction of sp³-hybridized carbons (Fsp3) is 0.138. The lowest BCUT2D eigenvalue weighted by molar-refractivity contribution is 0.585. The number of nitriles is 1. The van der Waals surface area contributed by atoms with E-state index in [1.54, 1.807) is 0 Å². The molecule has 0 radical (unpaired) electrons. The van der Waals surface area contributed by atoms with Crippen molar-refractivity contribution < 1.29 is 4.42 Å². The summed E-state index contributed by atoms with van der Waals surface area (Å²) in [4.78, 5) is 4.37. The molecule has 0 aliphatic rings. The smallest absolute Gasteiger partial charge is 0.232 e. The van der Waals surface area contributed by atoms with Gasteiger partial charge in [-0.2, -0.15) is 15.3 Å². The Morgan fingerprint density at radius 3 is 2.26 bits per heavy atom. The average molecular weight is 460 g/mol. The molecule has 3 aromatic carbocycles. The summed E-state index contributed by atoms with van der Waals surface area (Å²) in [5.41, 5.74) is 8.60. The van der Waals surface area contributed by atoms with Gasteiger partial charge in [-0.05, 0) is 56.2 Å². The minimum absolute atomic E-state index is 0.226. The van der Waals surface area contributed by atoms with Crippen molar-refractivity contribution in [3.8, 4) is 34.5 Å². The molecule has 6 nitrogen and oxygen atoms in total. The van der Waals surface area contributed by atoms with E-state index in [1.807, 2.05) is 71.5 Å². The molecule has 0 saturated heterocycles. The molecule has 0 bridgehead atoms. The van der Waals surface area contributed by atoms with Crippen LogP contribution in [0, 0.1) is 32.1 Å². The molecule has 0 aliphatic carbocycles. The topological polar surface area (TPSA) is 79.7 Å². The van der Waals surface area contributed by atoms with Crippen molar-refractivity contribution in [2.24, 2.45) is 0 Å². The fourth-order valence-corrected chi connectivity index (χ4v) is 4.41. The van der Waals surface area contributed by atoms with E-state index in [1.165, 1.54) is 16.7 Å². The molecule has 0 unspecified atom stereocenters. The van der Waals surface area contributed by atoms with Crippen LogP contribution < -0.4 is 5.32 Å². The summed E-state index contributed by atoms with van der Waals surface area (Å²) >= 11 is 0. The molecule has 5 rings (SSSR count). The third kappa shape index (κ3) is 4.44. The Morgan fingerprint density at radius 2 is 1.60 bits per heavy atom. The number of oxazole rings is 1. The minimum atomic E-state index is 0.226. The van der Waals surface area contributed by atoms with Crippen molar-refractivity contribution in [3.05, 3.63) is 107 Å². The second-order valence-corrected chi connectivity index (χ2v) is 8.58. The molecular formula is C29H25N5O. The van der Waals surface area contributed by atoms with Crippen molar-refractivity contribution in [2.75, 3.05) is 5.32 Å². The molecule has 2 heterocycles. The first-order valence-electron chi connectivity index (χ1n) is 11.5. The molecule has 35 heavy (non-hydrogen) atoms. The fourth-order valence-electron chi connectivity index (χ4n) is 4.41. The zero-order valence-corrected chi connectivity index (χ0v) is 19.9. The third-order valence-electron chi connectivity index (χ3n) is 5.92. The highest BCUT2D eigenvalue weighted by molar-refractivity contribution is 5.71. The van der Waals surface area contributed by atoms with E-state index >= 15 is 0 Å². The van der Waals surface area contributed by atoms with E-state index < -0.39 is 0 Å². The Balaban J connectivity index is 1.54. The highest BCUT2D eigenvalue weighted by Crippen LogP contribution is 2.32. The average Bonchev–Trinajstić information content (AvgIpc) is 3.47. The molecular weight excluding hydrogens is 434 g/mol. The van der Waals surface area contributed by atoms with Gasteiger partial charge in [-0.1, -0.05) is 54.1 Å². The van der Waals surface area contributed by atoms with Crippen LogP contribution >= 0.6 is 0 Å². The number of anilines is 1. The maximum atomic E-state index is 9.63. The molecule has 0 aliphatic heterocycles. The Bertz CT molecular complexity index is 1500. The number of hydrogen-bond acceptors (Lipinski definition) is 5. The van der Waals surface area contributed by atoms with Gasteiger partial charge in [0.05, 0.1) is 11.4 Å². The van der Waals surface area contributed by atoms with E-state index in [2.05, 4.69) is 49.3 Å². The van der Waals surface area contributed by atoms with Crippen molar-refractivity contribution in [3.63, 3.8) is 0 Å². The summed E-state index contributed by atoms with van der Waals surface area (Å²) in [6, 6.07) is 26.1. The van der Waals surface area contributed by atoms with Crippen LogP contribution in [0.1, 0.15) is 27.9 Å². The number of nitrogens with one attached hydrogen (secondary N) is 1. The van der Waals surface area contributed by atoms with Crippen LogP contribution in [0.3, 0.4) is 0 Å². The number of aryl methyl sites for hydroxylation is 3. The van der Waals surface area contributed by atoms with Crippen molar-refractivity contribution >= 4 is 5.88 Å². The maximum absolute atomic E-state index is 9.63. The number of aromatic nitrogens is 3. The zero-order chi connectivity index (χ0) is 24.4. The first-order valence-corrected chi connectivity index (χ1v) is 11.5. The maximum Gasteiger partial charge on any atom is 0.232 e. The second-order valence-electron chi connectivity index (χ2n) is 8.58. The predicted molar refractivity (Wildman–Crippen MR) is 137 cm³/mol. The minimum Gasteiger partial charge on any atom is -0.419 e. The van der Waals surface area contributed by atoms with Crippen LogP contribution in [0.25, 0.3) is 28.4 Å². The molecule has 5 aromatic rings. The number of rotatable bonds is 6. The lowest BCUT2D eigenvalue weighted by Crippen LogP contribution is -2.02. The van der Waals surface area contributed by atoms with Crippen molar-refractivity contribution in [1.82, 2.24) is 14.8 Å². The van der Waals surface area contributed by atoms with Gasteiger partial charge in [-0.15, -0.1) is 0 Å². The van der Waals surface area contributed by atoms with Crippen molar-refractivity contribution in [2.45, 2.75) is 27.3 Å². The summed E-state index contributed by atoms with van der Waals surface area (Å²) in [6.45, 7) is 6.76. The molecule has 1 N–H and O–H groups in total. The van der Waals surface area contributed by atoms with Gasteiger partial charge < -0.3 is 9.73 Å². The molecule has 6 heteroatoms. The first kappa shape index (κ1) is 22.2. The largest absolute Gasteiger partial charge is 0.419 e. The Kier molecular flexibility index (Phi) is 5.90. The molecule has 0 saturated carbocycles. The van der Waals surface area contributed by atoms with Crippen molar-refractivity contribution in [1.29, 1.82) is 5.26 Å². The Hall–Kier alpha value is -4.63. The third-order valence-corrected chi connectivity index (χ3v) is 5.92. The van der Waals surface area contributed by atoms with Crippen LogP contribution in [0.15, 0.2) is 83.4 Å². The van der Waals surface area contributed by atoms with Gasteiger partial charge in [-0.25, -0.2) is 4.68 Å². The molecule has 0 amide bonds. The van der Waals surface area contributed by atoms with Gasteiger partial charge in [0.1, 0.15) is 6.07 Å². The standard InChI is InChI=1S/C29H25N5O/c1-19-14-20(2)26(21(3)15-19)27-23(18-34(33-27)24-12-8-5-9-13-24)17-31-29-25(16-30)32-28(35-29)22-10-6-4-7-11-22/h4-15,18,31H,17H2,1-3H3. The predicted octanol–water partition coefficient (Wildman–Crippen LogP) is 6.60. The lowest BCUT2D eigenvalue weighted by atomic mass is 9.95. The summed E-state index contributed by atoms with van der Waals surface area (Å²) in [5, 5.41) is 17.9. The molecule has 0 fully saturated rings. The van der Waals surface area contributed by atoms with Gasteiger partial charge in [0.2, 0.25) is 17.5 Å². The molecule has 172 valence electrons. The van der Waals surface area contributed by atoms with Crippen LogP contribution in [-0.2, 0) is 6.54 Å². The zero-order valence-electron chi connectivity index (χ0n) is 19.9. The molecule has 0 spiro atoms. The quantitative estimate of drug-likeness (QED) is 0.309. The van der Waals surface area contributed by atoms with Crippen LogP contribution in [0.4, 0.5) is 5.88 Å². The summed E-state index contributed by atoms with van der Waals surface area (Å²) in [6.07, 6.45) is 2.02. The highest BCUT2D eigenvalue weighted by Gasteiger charge is 2.19. The van der Waals surface area contributed by atoms with E-state index in [0.29, 0.717) is 18.3 Å². The number of benzene rings is 3. The molecule has 2 aromatic heterocycles. The normalized spacial score (nSPS) is 10.8. The lowest BCUT2D eigenvalue weighted by Gasteiger charge is -2.11. The second kappa shape index (κ2) is 9.32. The number of nitrogens with zero attached hydrogens (tertiary/aromatic N) is 4. The van der Waals surface area contributed by atoms with E-state index in [-0.39, 0.29) is 5.69 Å². The van der Waals surface area contributed by atoms with Gasteiger partial charge >= 0.3 is 0 Å². The monoisotopic (exact) mass is 459 g/mol. The Labute approximate surface area is 204 Å². The van der Waals surface area contributed by atoms with Gasteiger partial charge in [-0.3, -0.25) is 0 Å². The summed E-state index contributed by atoms with van der Waals surface area (Å²) < 4.78 is 7.84. The van der Waals surface area contributed by atoms with Crippen LogP contribution in [0.5, 0.6) is 0 Å². The van der Waals surface area contributed by atoms with E-state index in [0.717, 1.165) is 28.1 Å². The molecule has 0 atom stereocenters. The first-order chi connectivity index (χ1) is 17.0. The van der Waals surface area contributed by atoms with Crippen LogP contribution in [0.2, 0.25) is 0 Å².